The van der Waals surface area contributed by atoms with Crippen LogP contribution in [0.25, 0.3) is 15.9 Å². The lowest BCUT2D eigenvalue weighted by molar-refractivity contribution is -0.0592. The van der Waals surface area contributed by atoms with Gasteiger partial charge in [-0.25, -0.2) is 14.6 Å². The maximum Gasteiger partial charge on any atom is 0.337 e. The molecule has 2 saturated heterocycles. The molecule has 3 aliphatic heterocycles. The summed E-state index contributed by atoms with van der Waals surface area (Å²) >= 11 is 0. The molecule has 0 saturated carbocycles. The largest absolute Gasteiger partial charge is 0.485 e. The van der Waals surface area contributed by atoms with Gasteiger partial charge in [-0.15, -0.1) is 0 Å². The number of rotatable bonds is 7. The number of para-hydroxylation sites is 1. The first-order valence-corrected chi connectivity index (χ1v) is 14.9. The molecular weight excluding hydrogens is 544 g/mol. The van der Waals surface area contributed by atoms with E-state index in [1.807, 2.05) is 42.5 Å². The molecule has 0 amide bonds. The summed E-state index contributed by atoms with van der Waals surface area (Å²) in [6, 6.07) is 19.3. The van der Waals surface area contributed by atoms with Crippen LogP contribution in [0.1, 0.15) is 58.6 Å². The Hall–Kier alpha value is -4.39. The Morgan fingerprint density at radius 3 is 2.63 bits per heavy atom. The van der Waals surface area contributed by atoms with Crippen LogP contribution in [0.2, 0.25) is 0 Å². The Balaban J connectivity index is 1.05. The second-order valence-electron chi connectivity index (χ2n) is 11.5. The summed E-state index contributed by atoms with van der Waals surface area (Å²) in [4.78, 5) is 23.1. The van der Waals surface area contributed by atoms with Gasteiger partial charge in [0.25, 0.3) is 0 Å². The number of ether oxygens (including phenoxy) is 4. The zero-order chi connectivity index (χ0) is 29.3. The molecule has 9 heteroatoms. The van der Waals surface area contributed by atoms with Gasteiger partial charge in [0.2, 0.25) is 0 Å². The summed E-state index contributed by atoms with van der Waals surface area (Å²) in [7, 11) is 1.40. The molecule has 2 fully saturated rings. The van der Waals surface area contributed by atoms with Crippen LogP contribution in [0.4, 0.5) is 5.69 Å². The summed E-state index contributed by atoms with van der Waals surface area (Å²) < 4.78 is 25.6. The Morgan fingerprint density at radius 2 is 1.91 bits per heavy atom. The lowest BCUT2D eigenvalue weighted by Gasteiger charge is -2.35. The second kappa shape index (κ2) is 11.7. The number of benzene rings is 3. The number of hydrogen-bond acceptors (Lipinski definition) is 7. The van der Waals surface area contributed by atoms with E-state index in [9.17, 15) is 4.79 Å². The number of methoxy groups -OCH3 is 1. The lowest BCUT2D eigenvalue weighted by atomic mass is 9.88. The van der Waals surface area contributed by atoms with Gasteiger partial charge < -0.3 is 23.5 Å². The van der Waals surface area contributed by atoms with Gasteiger partial charge in [0.05, 0.1) is 49.5 Å². The maximum atomic E-state index is 12.2. The van der Waals surface area contributed by atoms with E-state index in [1.54, 1.807) is 6.07 Å². The molecule has 7 rings (SSSR count). The maximum absolute atomic E-state index is 12.2. The molecule has 0 bridgehead atoms. The number of carbonyl (C=O) groups excluding carboxylic acids is 1. The number of piperidine rings is 1. The molecule has 0 aliphatic carbocycles. The van der Waals surface area contributed by atoms with Crippen molar-refractivity contribution in [2.75, 3.05) is 33.4 Å². The smallest absolute Gasteiger partial charge is 0.337 e. The highest BCUT2D eigenvalue weighted by atomic mass is 16.6. The minimum absolute atomic E-state index is 0.174. The molecule has 4 heterocycles. The highest BCUT2D eigenvalue weighted by Crippen LogP contribution is 2.44. The number of nitrogens with zero attached hydrogens (tertiary/aromatic N) is 4. The first-order valence-electron chi connectivity index (χ1n) is 14.9. The number of fused-ring (bicyclic) bond motifs is 2. The normalized spacial score (nSPS) is 20.4. The third-order valence-corrected chi connectivity index (χ3v) is 8.87. The second-order valence-corrected chi connectivity index (χ2v) is 11.5. The summed E-state index contributed by atoms with van der Waals surface area (Å²) in [6.07, 6.45) is 3.04. The minimum Gasteiger partial charge on any atom is -0.485 e. The SMILES string of the molecule is [C-]#[N+]c1ccc([C@@H]2COc3c(cccc3C3CCN(Cc4nc5ccc(C(=O)OC)cc5n4C[C@@H]4CCO4)CC3)O2)cc1. The number of likely N-dealkylation sites (tertiary alicyclic amines) is 1. The van der Waals surface area contributed by atoms with Crippen LogP contribution in [0.3, 0.4) is 0 Å². The Bertz CT molecular complexity index is 1680. The topological polar surface area (TPSA) is 79.4 Å². The fraction of sp³-hybridized carbons (Fsp3) is 0.382. The molecule has 220 valence electrons. The van der Waals surface area contributed by atoms with Crippen LogP contribution in [0.15, 0.2) is 60.7 Å². The third-order valence-electron chi connectivity index (χ3n) is 8.87. The van der Waals surface area contributed by atoms with Crippen LogP contribution in [0, 0.1) is 6.57 Å². The van der Waals surface area contributed by atoms with E-state index in [0.717, 1.165) is 86.0 Å². The van der Waals surface area contributed by atoms with E-state index in [-0.39, 0.29) is 18.2 Å². The van der Waals surface area contributed by atoms with Crippen molar-refractivity contribution in [3.05, 3.63) is 94.6 Å². The molecule has 43 heavy (non-hydrogen) atoms. The molecular formula is C34H34N4O5. The van der Waals surface area contributed by atoms with E-state index in [1.165, 1.54) is 12.7 Å². The number of hydrogen-bond donors (Lipinski definition) is 0. The van der Waals surface area contributed by atoms with Crippen molar-refractivity contribution in [3.8, 4) is 11.5 Å². The lowest BCUT2D eigenvalue weighted by Crippen LogP contribution is -2.35. The van der Waals surface area contributed by atoms with Gasteiger partial charge in [0, 0.05) is 12.2 Å². The Kier molecular flexibility index (Phi) is 7.47. The van der Waals surface area contributed by atoms with Crippen LogP contribution in [0.5, 0.6) is 11.5 Å². The summed E-state index contributed by atoms with van der Waals surface area (Å²) in [5, 5.41) is 0. The average molecular weight is 579 g/mol. The number of aromatic nitrogens is 2. The van der Waals surface area contributed by atoms with E-state index in [2.05, 4.69) is 26.4 Å². The fourth-order valence-electron chi connectivity index (χ4n) is 6.35. The van der Waals surface area contributed by atoms with Crippen molar-refractivity contribution in [3.63, 3.8) is 0 Å². The standard InChI is InChI=1S/C34H34N4O5/c1-35-25-9-6-23(7-10-25)31-21-42-33-27(4-3-5-30(33)43-31)22-12-15-37(16-13-22)20-32-36-28-11-8-24(34(39)40-2)18-29(28)38(32)19-26-14-17-41-26/h3-11,18,22,26,31H,12-17,19-21H2,2H3/t26-,31-/m0/s1. The zero-order valence-electron chi connectivity index (χ0n) is 24.2. The highest BCUT2D eigenvalue weighted by Gasteiger charge is 2.30. The zero-order valence-corrected chi connectivity index (χ0v) is 24.2. The van der Waals surface area contributed by atoms with Crippen molar-refractivity contribution in [1.29, 1.82) is 0 Å². The first kappa shape index (κ1) is 27.4. The summed E-state index contributed by atoms with van der Waals surface area (Å²) in [6.45, 7) is 11.8. The molecule has 0 spiro atoms. The summed E-state index contributed by atoms with van der Waals surface area (Å²) in [5.74, 6) is 2.67. The van der Waals surface area contributed by atoms with Gasteiger partial charge in [0.1, 0.15) is 12.4 Å². The van der Waals surface area contributed by atoms with Crippen molar-refractivity contribution in [2.24, 2.45) is 0 Å². The van der Waals surface area contributed by atoms with Crippen molar-refractivity contribution < 1.29 is 23.7 Å². The monoisotopic (exact) mass is 578 g/mol. The molecule has 1 aromatic heterocycles. The molecule has 0 unspecified atom stereocenters. The van der Waals surface area contributed by atoms with Crippen molar-refractivity contribution in [1.82, 2.24) is 14.5 Å². The average Bonchev–Trinajstić information content (AvgIpc) is 3.37. The van der Waals surface area contributed by atoms with E-state index >= 15 is 0 Å². The number of imidazole rings is 1. The molecule has 2 atom stereocenters. The quantitative estimate of drug-likeness (QED) is 0.195. The van der Waals surface area contributed by atoms with E-state index in [4.69, 9.17) is 30.5 Å². The van der Waals surface area contributed by atoms with Gasteiger partial charge >= 0.3 is 5.97 Å². The van der Waals surface area contributed by atoms with Gasteiger partial charge in [-0.1, -0.05) is 36.4 Å². The molecule has 4 aromatic rings. The molecule has 3 aromatic carbocycles. The third kappa shape index (κ3) is 5.44. The first-order chi connectivity index (χ1) is 21.1. The minimum atomic E-state index is -0.346. The van der Waals surface area contributed by atoms with Crippen LogP contribution in [-0.4, -0.2) is 59.9 Å². The Morgan fingerprint density at radius 1 is 1.09 bits per heavy atom. The van der Waals surface area contributed by atoms with Gasteiger partial charge in [0.15, 0.2) is 23.3 Å². The van der Waals surface area contributed by atoms with Gasteiger partial charge in [-0.05, 0) is 68.1 Å². The van der Waals surface area contributed by atoms with Crippen LogP contribution in [-0.2, 0) is 22.6 Å². The van der Waals surface area contributed by atoms with Crippen LogP contribution < -0.4 is 9.47 Å². The van der Waals surface area contributed by atoms with E-state index in [0.29, 0.717) is 23.8 Å². The number of esters is 1. The molecule has 3 aliphatic rings. The molecule has 0 radical (unpaired) electrons. The predicted molar refractivity (Wildman–Crippen MR) is 161 cm³/mol. The van der Waals surface area contributed by atoms with Gasteiger partial charge in [-0.2, -0.15) is 0 Å². The summed E-state index contributed by atoms with van der Waals surface area (Å²) in [5.41, 5.74) is 5.19. The highest BCUT2D eigenvalue weighted by molar-refractivity contribution is 5.93. The van der Waals surface area contributed by atoms with Crippen molar-refractivity contribution >= 4 is 22.7 Å². The Labute approximate surface area is 250 Å². The predicted octanol–water partition coefficient (Wildman–Crippen LogP) is 6.05. The molecule has 0 N–H and O–H groups in total. The van der Waals surface area contributed by atoms with E-state index < -0.39 is 0 Å². The molecule has 9 nitrogen and oxygen atoms in total. The van der Waals surface area contributed by atoms with Crippen LogP contribution >= 0.6 is 0 Å². The van der Waals surface area contributed by atoms with Crippen molar-refractivity contribution in [2.45, 2.75) is 50.5 Å². The van der Waals surface area contributed by atoms with Gasteiger partial charge in [-0.3, -0.25) is 4.90 Å². The number of carbonyl (C=O) groups is 1. The fourth-order valence-corrected chi connectivity index (χ4v) is 6.35.